The summed E-state index contributed by atoms with van der Waals surface area (Å²) in [5, 5.41) is 11.3. The number of hydrogen-bond acceptors (Lipinski definition) is 3. The molecule has 2 aliphatic rings. The Bertz CT molecular complexity index is 877. The molecule has 3 heteroatoms. The Morgan fingerprint density at radius 2 is 1.74 bits per heavy atom. The number of fused-ring (bicyclic) bond motifs is 3. The van der Waals surface area contributed by atoms with Crippen LogP contribution in [-0.4, -0.2) is 16.5 Å². The first-order valence-electron chi connectivity index (χ1n) is 13.9. The zero-order valence-electron chi connectivity index (χ0n) is 22.6. The molecule has 0 aromatic heterocycles. The Labute approximate surface area is 208 Å². The van der Waals surface area contributed by atoms with Gasteiger partial charge in [-0.15, -0.1) is 0 Å². The van der Waals surface area contributed by atoms with Gasteiger partial charge < -0.3 is 9.84 Å². The third-order valence-electron chi connectivity index (χ3n) is 8.35. The van der Waals surface area contributed by atoms with Crippen molar-refractivity contribution >= 4 is 5.78 Å². The summed E-state index contributed by atoms with van der Waals surface area (Å²) in [7, 11) is 0. The van der Waals surface area contributed by atoms with Crippen molar-refractivity contribution in [3.63, 3.8) is 0 Å². The Morgan fingerprint density at radius 3 is 2.41 bits per heavy atom. The molecule has 1 heterocycles. The van der Waals surface area contributed by atoms with E-state index in [9.17, 15) is 9.90 Å². The number of carbonyl (C=O) groups is 1. The minimum atomic E-state index is -0.333. The van der Waals surface area contributed by atoms with Crippen LogP contribution in [0.1, 0.15) is 136 Å². The SMILES string of the molecule is CCCCCCC(=O)C1=CC[C@@H]2[C@@H](C1)c1c(O)cc(C(C)(C)CCCCCC)cc1OC2(C)C. The van der Waals surface area contributed by atoms with E-state index in [1.165, 1.54) is 38.5 Å². The van der Waals surface area contributed by atoms with Gasteiger partial charge in [0, 0.05) is 23.8 Å². The second-order valence-corrected chi connectivity index (χ2v) is 11.9. The molecule has 1 aromatic rings. The molecule has 2 atom stereocenters. The lowest BCUT2D eigenvalue weighted by atomic mass is 9.66. The minimum Gasteiger partial charge on any atom is -0.508 e. The summed E-state index contributed by atoms with van der Waals surface area (Å²) in [4.78, 5) is 13.0. The van der Waals surface area contributed by atoms with Gasteiger partial charge >= 0.3 is 0 Å². The van der Waals surface area contributed by atoms with Crippen LogP contribution in [0.4, 0.5) is 0 Å². The number of Topliss-reactive ketones (excluding diaryl/α,β-unsaturated/α-hetero) is 1. The van der Waals surface area contributed by atoms with E-state index in [1.54, 1.807) is 0 Å². The van der Waals surface area contributed by atoms with Crippen LogP contribution in [0.5, 0.6) is 11.5 Å². The molecule has 0 radical (unpaired) electrons. The van der Waals surface area contributed by atoms with Crippen LogP contribution in [0.3, 0.4) is 0 Å². The smallest absolute Gasteiger partial charge is 0.158 e. The molecule has 0 saturated carbocycles. The van der Waals surface area contributed by atoms with Gasteiger partial charge in [-0.05, 0) is 68.2 Å². The van der Waals surface area contributed by atoms with Crippen LogP contribution in [0.15, 0.2) is 23.8 Å². The average molecular weight is 469 g/mol. The highest BCUT2D eigenvalue weighted by molar-refractivity contribution is 5.95. The Morgan fingerprint density at radius 1 is 1.06 bits per heavy atom. The van der Waals surface area contributed by atoms with Crippen LogP contribution in [0, 0.1) is 5.92 Å². The van der Waals surface area contributed by atoms with Gasteiger partial charge in [0.2, 0.25) is 0 Å². The molecule has 0 unspecified atom stereocenters. The largest absolute Gasteiger partial charge is 0.508 e. The van der Waals surface area contributed by atoms with Gasteiger partial charge in [-0.1, -0.05) is 78.7 Å². The van der Waals surface area contributed by atoms with Crippen molar-refractivity contribution in [1.29, 1.82) is 0 Å². The number of phenolic OH excluding ortho intramolecular Hbond substituents is 1. The topological polar surface area (TPSA) is 46.5 Å². The number of rotatable bonds is 12. The number of ketones is 1. The summed E-state index contributed by atoms with van der Waals surface area (Å²) >= 11 is 0. The maximum absolute atomic E-state index is 13.0. The van der Waals surface area contributed by atoms with Crippen molar-refractivity contribution in [3.8, 4) is 11.5 Å². The molecular weight excluding hydrogens is 420 g/mol. The fourth-order valence-electron chi connectivity index (χ4n) is 6.03. The summed E-state index contributed by atoms with van der Waals surface area (Å²) in [6.45, 7) is 13.3. The maximum atomic E-state index is 13.0. The Hall–Kier alpha value is -1.77. The summed E-state index contributed by atoms with van der Waals surface area (Å²) < 4.78 is 6.56. The predicted octanol–water partition coefficient (Wildman–Crippen LogP) is 8.77. The van der Waals surface area contributed by atoms with E-state index < -0.39 is 0 Å². The monoisotopic (exact) mass is 468 g/mol. The average Bonchev–Trinajstić information content (AvgIpc) is 2.78. The molecule has 0 spiro atoms. The fraction of sp³-hybridized carbons (Fsp3) is 0.710. The summed E-state index contributed by atoms with van der Waals surface area (Å²) in [6.07, 6.45) is 14.9. The molecule has 1 aromatic carbocycles. The second kappa shape index (κ2) is 11.3. The van der Waals surface area contributed by atoms with Gasteiger partial charge in [0.1, 0.15) is 17.1 Å². The first-order chi connectivity index (χ1) is 16.1. The van der Waals surface area contributed by atoms with Crippen molar-refractivity contribution in [3.05, 3.63) is 34.9 Å². The van der Waals surface area contributed by atoms with Gasteiger partial charge in [0.15, 0.2) is 5.78 Å². The van der Waals surface area contributed by atoms with Crippen LogP contribution >= 0.6 is 0 Å². The van der Waals surface area contributed by atoms with Gasteiger partial charge in [0.05, 0.1) is 0 Å². The molecule has 34 heavy (non-hydrogen) atoms. The van der Waals surface area contributed by atoms with Gasteiger partial charge in [-0.25, -0.2) is 0 Å². The summed E-state index contributed by atoms with van der Waals surface area (Å²) in [5.41, 5.74) is 2.67. The summed E-state index contributed by atoms with van der Waals surface area (Å²) in [6, 6.07) is 4.15. The number of aromatic hydroxyl groups is 1. The highest BCUT2D eigenvalue weighted by atomic mass is 16.5. The van der Waals surface area contributed by atoms with Crippen molar-refractivity contribution in [2.24, 2.45) is 5.92 Å². The summed E-state index contributed by atoms with van der Waals surface area (Å²) in [5.74, 6) is 1.84. The maximum Gasteiger partial charge on any atom is 0.158 e. The van der Waals surface area contributed by atoms with E-state index in [-0.39, 0.29) is 22.9 Å². The molecule has 1 aliphatic heterocycles. The van der Waals surface area contributed by atoms with Gasteiger partial charge in [0.25, 0.3) is 0 Å². The highest BCUT2D eigenvalue weighted by Crippen LogP contribution is 2.55. The number of allylic oxidation sites excluding steroid dienone is 2. The molecule has 0 fully saturated rings. The third kappa shape index (κ3) is 6.07. The lowest BCUT2D eigenvalue weighted by Gasteiger charge is -2.47. The molecule has 0 saturated heterocycles. The zero-order valence-corrected chi connectivity index (χ0v) is 22.6. The number of hydrogen-bond donors (Lipinski definition) is 1. The first kappa shape index (κ1) is 26.8. The second-order valence-electron chi connectivity index (χ2n) is 11.9. The van der Waals surface area contributed by atoms with Crippen LogP contribution in [0.25, 0.3) is 0 Å². The molecule has 0 amide bonds. The first-order valence-corrected chi connectivity index (χ1v) is 13.9. The standard InChI is InChI=1S/C31H48O3/c1-7-9-11-13-15-26(32)22-16-17-25-24(19-22)29-27(33)20-23(21-28(29)34-31(25,5)6)30(3,4)18-14-12-10-8-2/h16,20-21,24-25,33H,7-15,17-19H2,1-6H3/t24-,25-/m1/s1. The molecule has 3 rings (SSSR count). The highest BCUT2D eigenvalue weighted by Gasteiger charge is 2.47. The van der Waals surface area contributed by atoms with Crippen molar-refractivity contribution in [1.82, 2.24) is 0 Å². The van der Waals surface area contributed by atoms with Gasteiger partial charge in [-0.3, -0.25) is 4.79 Å². The number of ether oxygens (including phenoxy) is 1. The third-order valence-corrected chi connectivity index (χ3v) is 8.35. The van der Waals surface area contributed by atoms with E-state index in [2.05, 4.69) is 53.7 Å². The minimum absolute atomic E-state index is 0.0172. The molecule has 1 N–H and O–H groups in total. The van der Waals surface area contributed by atoms with E-state index in [4.69, 9.17) is 4.74 Å². The van der Waals surface area contributed by atoms with Crippen LogP contribution < -0.4 is 4.74 Å². The van der Waals surface area contributed by atoms with E-state index in [0.717, 1.165) is 48.1 Å². The number of benzene rings is 1. The van der Waals surface area contributed by atoms with Crippen LogP contribution in [-0.2, 0) is 10.2 Å². The number of phenols is 1. The number of carbonyl (C=O) groups excluding carboxylic acids is 1. The van der Waals surface area contributed by atoms with Crippen molar-refractivity contribution in [2.45, 2.75) is 136 Å². The quantitative estimate of drug-likeness (QED) is 0.312. The molecular formula is C31H48O3. The number of unbranched alkanes of at least 4 members (excludes halogenated alkanes) is 6. The molecule has 3 nitrogen and oxygen atoms in total. The van der Waals surface area contributed by atoms with E-state index >= 15 is 0 Å². The fourth-order valence-corrected chi connectivity index (χ4v) is 6.03. The van der Waals surface area contributed by atoms with E-state index in [1.807, 2.05) is 6.07 Å². The Balaban J connectivity index is 1.83. The van der Waals surface area contributed by atoms with Gasteiger partial charge in [-0.2, -0.15) is 0 Å². The van der Waals surface area contributed by atoms with Crippen molar-refractivity contribution in [2.75, 3.05) is 0 Å². The lowest BCUT2D eigenvalue weighted by Crippen LogP contribution is -2.46. The van der Waals surface area contributed by atoms with Crippen LogP contribution in [0.2, 0.25) is 0 Å². The molecule has 190 valence electrons. The lowest BCUT2D eigenvalue weighted by molar-refractivity contribution is -0.116. The van der Waals surface area contributed by atoms with Crippen molar-refractivity contribution < 1.29 is 14.6 Å². The Kier molecular flexibility index (Phi) is 8.93. The molecule has 0 bridgehead atoms. The molecule has 1 aliphatic carbocycles. The van der Waals surface area contributed by atoms with E-state index in [0.29, 0.717) is 24.4 Å². The zero-order chi connectivity index (χ0) is 24.9. The predicted molar refractivity (Wildman–Crippen MR) is 142 cm³/mol. The normalized spacial score (nSPS) is 21.3.